The van der Waals surface area contributed by atoms with E-state index in [0.717, 1.165) is 5.75 Å². The third kappa shape index (κ3) is 2.37. The van der Waals surface area contributed by atoms with Gasteiger partial charge in [-0.05, 0) is 12.1 Å². The summed E-state index contributed by atoms with van der Waals surface area (Å²) in [5.41, 5.74) is -0.504. The van der Waals surface area contributed by atoms with Crippen molar-refractivity contribution in [1.29, 1.82) is 0 Å². The lowest BCUT2D eigenvalue weighted by Gasteiger charge is -2.11. The highest BCUT2D eigenvalue weighted by Gasteiger charge is 2.27. The third-order valence-electron chi connectivity index (χ3n) is 2.90. The summed E-state index contributed by atoms with van der Waals surface area (Å²) in [7, 11) is 0. The van der Waals surface area contributed by atoms with Crippen LogP contribution in [0, 0.1) is 0 Å². The first-order valence-corrected chi connectivity index (χ1v) is 5.92. The molecule has 0 spiro atoms. The Kier molecular flexibility index (Phi) is 2.83. The molecular formula is C13H12N2O4. The predicted octanol–water partition coefficient (Wildman–Crippen LogP) is 0.446. The number of benzene rings is 1. The van der Waals surface area contributed by atoms with E-state index < -0.39 is 11.2 Å². The molecule has 1 aliphatic rings. The number of aromatic amines is 2. The van der Waals surface area contributed by atoms with E-state index in [2.05, 4.69) is 9.97 Å². The van der Waals surface area contributed by atoms with Crippen LogP contribution in [0.3, 0.4) is 0 Å². The summed E-state index contributed by atoms with van der Waals surface area (Å²) in [6.07, 6.45) is 0.156. The quantitative estimate of drug-likeness (QED) is 0.839. The minimum absolute atomic E-state index is 0.246. The molecule has 1 aromatic heterocycles. The number of aromatic nitrogens is 2. The van der Waals surface area contributed by atoms with Crippen molar-refractivity contribution in [2.45, 2.75) is 12.5 Å². The summed E-state index contributed by atoms with van der Waals surface area (Å²) in [5, 5.41) is 0. The zero-order valence-corrected chi connectivity index (χ0v) is 10.0. The molecule has 0 fully saturated rings. The number of hydrogen-bond acceptors (Lipinski definition) is 4. The van der Waals surface area contributed by atoms with Crippen LogP contribution in [0.1, 0.15) is 5.56 Å². The van der Waals surface area contributed by atoms with Gasteiger partial charge in [0, 0.05) is 6.42 Å². The van der Waals surface area contributed by atoms with Gasteiger partial charge in [-0.1, -0.05) is 18.2 Å². The Labute approximate surface area is 108 Å². The molecule has 0 aliphatic carbocycles. The van der Waals surface area contributed by atoms with Gasteiger partial charge in [0.05, 0.1) is 5.56 Å². The van der Waals surface area contributed by atoms with Crippen molar-refractivity contribution in [2.24, 2.45) is 0 Å². The van der Waals surface area contributed by atoms with Crippen LogP contribution < -0.4 is 20.7 Å². The number of rotatable bonds is 3. The normalized spacial score (nSPS) is 16.7. The predicted molar refractivity (Wildman–Crippen MR) is 67.7 cm³/mol. The van der Waals surface area contributed by atoms with Crippen molar-refractivity contribution in [2.75, 3.05) is 6.61 Å². The molecule has 3 rings (SSSR count). The molecule has 0 unspecified atom stereocenters. The van der Waals surface area contributed by atoms with Crippen molar-refractivity contribution in [3.63, 3.8) is 0 Å². The molecule has 2 heterocycles. The van der Waals surface area contributed by atoms with Crippen LogP contribution in [-0.4, -0.2) is 22.7 Å². The van der Waals surface area contributed by atoms with E-state index in [1.54, 1.807) is 0 Å². The number of para-hydroxylation sites is 1. The Bertz CT molecular complexity index is 690. The first kappa shape index (κ1) is 11.6. The average molecular weight is 260 g/mol. The minimum atomic E-state index is -0.562. The number of nitrogens with one attached hydrogen (secondary N) is 2. The van der Waals surface area contributed by atoms with E-state index in [1.807, 2.05) is 30.3 Å². The van der Waals surface area contributed by atoms with Gasteiger partial charge in [0.2, 0.25) is 5.88 Å². The van der Waals surface area contributed by atoms with Gasteiger partial charge in [-0.15, -0.1) is 0 Å². The van der Waals surface area contributed by atoms with Gasteiger partial charge in [0.1, 0.15) is 18.5 Å². The van der Waals surface area contributed by atoms with E-state index in [4.69, 9.17) is 9.47 Å². The Hall–Kier alpha value is -2.50. The first-order chi connectivity index (χ1) is 9.22. The van der Waals surface area contributed by atoms with Gasteiger partial charge in [-0.25, -0.2) is 4.79 Å². The van der Waals surface area contributed by atoms with Crippen LogP contribution in [0.2, 0.25) is 0 Å². The molecule has 19 heavy (non-hydrogen) atoms. The minimum Gasteiger partial charge on any atom is -0.490 e. The maximum Gasteiger partial charge on any atom is 0.328 e. The highest BCUT2D eigenvalue weighted by atomic mass is 16.5. The average Bonchev–Trinajstić information content (AvgIpc) is 2.81. The lowest BCUT2D eigenvalue weighted by Crippen LogP contribution is -2.24. The summed E-state index contributed by atoms with van der Waals surface area (Å²) in [5.74, 6) is 0.986. The molecule has 0 radical (unpaired) electrons. The second kappa shape index (κ2) is 4.64. The Balaban J connectivity index is 1.69. The molecule has 2 aromatic rings. The number of ether oxygens (including phenoxy) is 2. The van der Waals surface area contributed by atoms with Crippen molar-refractivity contribution in [3.05, 3.63) is 56.7 Å². The van der Waals surface area contributed by atoms with Gasteiger partial charge in [-0.2, -0.15) is 0 Å². The van der Waals surface area contributed by atoms with Crippen LogP contribution in [0.4, 0.5) is 0 Å². The highest BCUT2D eigenvalue weighted by Crippen LogP contribution is 2.22. The maximum absolute atomic E-state index is 11.6. The second-order valence-electron chi connectivity index (χ2n) is 4.28. The molecular weight excluding hydrogens is 248 g/mol. The van der Waals surface area contributed by atoms with Gasteiger partial charge < -0.3 is 9.47 Å². The molecule has 1 aliphatic heterocycles. The molecule has 1 aromatic carbocycles. The van der Waals surface area contributed by atoms with E-state index >= 15 is 0 Å². The monoisotopic (exact) mass is 260 g/mol. The Morgan fingerprint density at radius 3 is 2.79 bits per heavy atom. The fourth-order valence-corrected chi connectivity index (χ4v) is 2.01. The summed E-state index contributed by atoms with van der Waals surface area (Å²) in [6.45, 7) is 0.320. The van der Waals surface area contributed by atoms with Crippen LogP contribution in [0.25, 0.3) is 0 Å². The molecule has 6 nitrogen and oxygen atoms in total. The third-order valence-corrected chi connectivity index (χ3v) is 2.90. The van der Waals surface area contributed by atoms with Crippen LogP contribution >= 0.6 is 0 Å². The second-order valence-corrected chi connectivity index (χ2v) is 4.28. The highest BCUT2D eigenvalue weighted by molar-refractivity contribution is 5.28. The zero-order valence-electron chi connectivity index (χ0n) is 10.0. The standard InChI is InChI=1S/C13H12N2O4/c16-11-10-6-9(19-12(10)15-13(17)14-11)7-18-8-4-2-1-3-5-8/h1-5,9H,6-7H2,(H2,14,15,16,17)/t9-/m1/s1. The number of fused-ring (bicyclic) bond motifs is 1. The molecule has 0 bridgehead atoms. The van der Waals surface area contributed by atoms with Crippen molar-refractivity contribution < 1.29 is 9.47 Å². The fraction of sp³-hybridized carbons (Fsp3) is 0.231. The van der Waals surface area contributed by atoms with Crippen molar-refractivity contribution in [3.8, 4) is 11.6 Å². The van der Waals surface area contributed by atoms with E-state index in [9.17, 15) is 9.59 Å². The number of H-pyrrole nitrogens is 2. The molecule has 1 atom stereocenters. The summed E-state index contributed by atoms with van der Waals surface area (Å²) < 4.78 is 11.1. The van der Waals surface area contributed by atoms with Gasteiger partial charge in [0.15, 0.2) is 0 Å². The molecule has 2 N–H and O–H groups in total. The molecule has 0 amide bonds. The summed E-state index contributed by atoms with van der Waals surface area (Å²) in [4.78, 5) is 27.3. The molecule has 98 valence electrons. The molecule has 0 saturated carbocycles. The van der Waals surface area contributed by atoms with Gasteiger partial charge in [0.25, 0.3) is 5.56 Å². The topological polar surface area (TPSA) is 84.2 Å². The lowest BCUT2D eigenvalue weighted by atomic mass is 10.2. The van der Waals surface area contributed by atoms with E-state index in [-0.39, 0.29) is 12.0 Å². The molecule has 6 heteroatoms. The Morgan fingerprint density at radius 2 is 2.00 bits per heavy atom. The van der Waals surface area contributed by atoms with Crippen molar-refractivity contribution in [1.82, 2.24) is 9.97 Å². The van der Waals surface area contributed by atoms with E-state index in [0.29, 0.717) is 18.6 Å². The first-order valence-electron chi connectivity index (χ1n) is 5.92. The van der Waals surface area contributed by atoms with Gasteiger partial charge in [-0.3, -0.25) is 14.8 Å². The maximum atomic E-state index is 11.6. The van der Waals surface area contributed by atoms with Crippen LogP contribution in [-0.2, 0) is 6.42 Å². The zero-order chi connectivity index (χ0) is 13.2. The lowest BCUT2D eigenvalue weighted by molar-refractivity contribution is 0.144. The largest absolute Gasteiger partial charge is 0.490 e. The van der Waals surface area contributed by atoms with Gasteiger partial charge >= 0.3 is 5.69 Å². The summed E-state index contributed by atoms with van der Waals surface area (Å²) in [6, 6.07) is 9.34. The summed E-state index contributed by atoms with van der Waals surface area (Å²) >= 11 is 0. The fourth-order valence-electron chi connectivity index (χ4n) is 2.01. The molecule has 0 saturated heterocycles. The smallest absolute Gasteiger partial charge is 0.328 e. The number of hydrogen-bond donors (Lipinski definition) is 2. The van der Waals surface area contributed by atoms with Crippen LogP contribution in [0.15, 0.2) is 39.9 Å². The van der Waals surface area contributed by atoms with E-state index in [1.165, 1.54) is 0 Å². The van der Waals surface area contributed by atoms with Crippen LogP contribution in [0.5, 0.6) is 11.6 Å². The Morgan fingerprint density at radius 1 is 1.21 bits per heavy atom. The van der Waals surface area contributed by atoms with Crippen molar-refractivity contribution >= 4 is 0 Å². The SMILES string of the molecule is O=c1[nH]c2c(c(=O)[nH]1)C[C@H](COc1ccccc1)O2.